The van der Waals surface area contributed by atoms with Crippen LogP contribution in [-0.4, -0.2) is 18.1 Å². The highest BCUT2D eigenvalue weighted by Gasteiger charge is 2.15. The normalized spacial score (nSPS) is 9.92. The van der Waals surface area contributed by atoms with Gasteiger partial charge in [0, 0.05) is 0 Å². The van der Waals surface area contributed by atoms with Crippen LogP contribution < -0.4 is 0 Å². The summed E-state index contributed by atoms with van der Waals surface area (Å²) < 4.78 is 5.32. The summed E-state index contributed by atoms with van der Waals surface area (Å²) in [5.41, 5.74) is 0.790. The molecule has 0 bridgehead atoms. The summed E-state index contributed by atoms with van der Waals surface area (Å²) in [6.45, 7) is 1.95. The van der Waals surface area contributed by atoms with E-state index in [-0.39, 0.29) is 5.97 Å². The Morgan fingerprint density at radius 1 is 1.75 bits per heavy atom. The molecule has 0 aromatic carbocycles. The van der Waals surface area contributed by atoms with Gasteiger partial charge in [-0.15, -0.1) is 0 Å². The number of aromatic nitrogens is 1. The van der Waals surface area contributed by atoms with Crippen molar-refractivity contribution < 1.29 is 9.53 Å². The number of halogens is 1. The Kier molecular flexibility index (Phi) is 3.22. The molecule has 1 aromatic heterocycles. The van der Waals surface area contributed by atoms with Crippen LogP contribution in [0.15, 0.2) is 3.92 Å². The maximum atomic E-state index is 11.1. The van der Waals surface area contributed by atoms with E-state index in [0.29, 0.717) is 4.88 Å². The van der Waals surface area contributed by atoms with Crippen LogP contribution in [0.25, 0.3) is 0 Å². The largest absolute Gasteiger partial charge is 0.465 e. The molecule has 0 unspecified atom stereocenters. The van der Waals surface area contributed by atoms with Crippen LogP contribution in [0.4, 0.5) is 0 Å². The molecular formula is C7H8BrNO2S. The lowest BCUT2D eigenvalue weighted by Gasteiger charge is -1.95. The van der Waals surface area contributed by atoms with Gasteiger partial charge in [-0.3, -0.25) is 0 Å². The second-order valence-corrected chi connectivity index (χ2v) is 4.36. The zero-order chi connectivity index (χ0) is 9.14. The molecule has 0 saturated heterocycles. The predicted octanol–water partition coefficient (Wildman–Crippen LogP) is 2.25. The van der Waals surface area contributed by atoms with Gasteiger partial charge in [0.15, 0.2) is 3.92 Å². The van der Waals surface area contributed by atoms with E-state index >= 15 is 0 Å². The van der Waals surface area contributed by atoms with E-state index in [0.717, 1.165) is 16.0 Å². The summed E-state index contributed by atoms with van der Waals surface area (Å²) in [5.74, 6) is -0.310. The van der Waals surface area contributed by atoms with E-state index < -0.39 is 0 Å². The number of methoxy groups -OCH3 is 1. The number of carbonyl (C=O) groups excluding carboxylic acids is 1. The highest BCUT2D eigenvalue weighted by molar-refractivity contribution is 9.11. The average molecular weight is 250 g/mol. The van der Waals surface area contributed by atoms with Crippen molar-refractivity contribution in [2.24, 2.45) is 0 Å². The molecular weight excluding hydrogens is 242 g/mol. The molecule has 0 N–H and O–H groups in total. The second kappa shape index (κ2) is 4.00. The van der Waals surface area contributed by atoms with E-state index in [4.69, 9.17) is 0 Å². The first-order chi connectivity index (χ1) is 5.69. The lowest BCUT2D eigenvalue weighted by atomic mass is 10.3. The minimum absolute atomic E-state index is 0.310. The molecule has 1 aromatic rings. The van der Waals surface area contributed by atoms with E-state index in [1.54, 1.807) is 0 Å². The van der Waals surface area contributed by atoms with Gasteiger partial charge in [0.05, 0.1) is 12.8 Å². The van der Waals surface area contributed by atoms with Gasteiger partial charge in [-0.05, 0) is 22.4 Å². The van der Waals surface area contributed by atoms with Crippen LogP contribution in [0.3, 0.4) is 0 Å². The maximum Gasteiger partial charge on any atom is 0.350 e. The number of aryl methyl sites for hydroxylation is 1. The Hall–Kier alpha value is -0.420. The van der Waals surface area contributed by atoms with Crippen LogP contribution in [0, 0.1) is 0 Å². The smallest absolute Gasteiger partial charge is 0.350 e. The third kappa shape index (κ3) is 1.84. The topological polar surface area (TPSA) is 39.2 Å². The highest BCUT2D eigenvalue weighted by atomic mass is 79.9. The Morgan fingerprint density at radius 2 is 2.42 bits per heavy atom. The molecule has 1 heterocycles. The summed E-state index contributed by atoms with van der Waals surface area (Å²) in [4.78, 5) is 15.9. The Morgan fingerprint density at radius 3 is 2.92 bits per heavy atom. The molecule has 0 atom stereocenters. The summed E-state index contributed by atoms with van der Waals surface area (Å²) in [7, 11) is 1.37. The second-order valence-electron chi connectivity index (χ2n) is 2.09. The van der Waals surface area contributed by atoms with Gasteiger partial charge in [-0.25, -0.2) is 9.78 Å². The number of hydrogen-bond donors (Lipinski definition) is 0. The van der Waals surface area contributed by atoms with Crippen molar-refractivity contribution in [3.8, 4) is 0 Å². The van der Waals surface area contributed by atoms with Gasteiger partial charge in [0.1, 0.15) is 4.88 Å². The molecule has 0 aliphatic heterocycles. The van der Waals surface area contributed by atoms with Gasteiger partial charge >= 0.3 is 5.97 Å². The third-order valence-electron chi connectivity index (χ3n) is 1.38. The molecule has 5 heteroatoms. The Balaban J connectivity index is 3.04. The van der Waals surface area contributed by atoms with Gasteiger partial charge in [0.2, 0.25) is 0 Å². The fourth-order valence-electron chi connectivity index (χ4n) is 0.815. The number of thiazole rings is 1. The van der Waals surface area contributed by atoms with Crippen LogP contribution in [0.2, 0.25) is 0 Å². The summed E-state index contributed by atoms with van der Waals surface area (Å²) in [6, 6.07) is 0. The summed E-state index contributed by atoms with van der Waals surface area (Å²) in [5, 5.41) is 0. The van der Waals surface area contributed by atoms with Crippen molar-refractivity contribution in [2.75, 3.05) is 7.11 Å². The summed E-state index contributed by atoms with van der Waals surface area (Å²) in [6.07, 6.45) is 0.743. The average Bonchev–Trinajstić information content (AvgIpc) is 2.45. The van der Waals surface area contributed by atoms with E-state index in [2.05, 4.69) is 25.7 Å². The van der Waals surface area contributed by atoms with Crippen molar-refractivity contribution >= 4 is 33.2 Å². The van der Waals surface area contributed by atoms with Crippen molar-refractivity contribution in [1.82, 2.24) is 4.98 Å². The first-order valence-corrected chi connectivity index (χ1v) is 5.03. The first-order valence-electron chi connectivity index (χ1n) is 3.42. The highest BCUT2D eigenvalue weighted by Crippen LogP contribution is 2.24. The number of rotatable bonds is 2. The molecule has 0 aliphatic rings. The van der Waals surface area contributed by atoms with Crippen LogP contribution >= 0.6 is 27.3 Å². The Labute approximate surface area is 82.9 Å². The third-order valence-corrected chi connectivity index (χ3v) is 2.91. The molecule has 1 rings (SSSR count). The molecule has 66 valence electrons. The van der Waals surface area contributed by atoms with E-state index in [1.807, 2.05) is 6.92 Å². The minimum atomic E-state index is -0.310. The van der Waals surface area contributed by atoms with Gasteiger partial charge in [-0.1, -0.05) is 18.3 Å². The molecule has 0 aliphatic carbocycles. The number of esters is 1. The predicted molar refractivity (Wildman–Crippen MR) is 50.5 cm³/mol. The van der Waals surface area contributed by atoms with Crippen LogP contribution in [0.5, 0.6) is 0 Å². The number of nitrogens with zero attached hydrogens (tertiary/aromatic N) is 1. The van der Waals surface area contributed by atoms with Crippen LogP contribution in [-0.2, 0) is 11.2 Å². The number of carbonyl (C=O) groups is 1. The lowest BCUT2D eigenvalue weighted by Crippen LogP contribution is -2.01. The fraction of sp³-hybridized carbons (Fsp3) is 0.429. The first kappa shape index (κ1) is 9.67. The minimum Gasteiger partial charge on any atom is -0.465 e. The summed E-state index contributed by atoms with van der Waals surface area (Å²) >= 11 is 4.52. The molecule has 0 saturated carbocycles. The van der Waals surface area contributed by atoms with Crippen molar-refractivity contribution in [3.63, 3.8) is 0 Å². The molecule has 0 radical (unpaired) electrons. The van der Waals surface area contributed by atoms with E-state index in [9.17, 15) is 4.79 Å². The fourth-order valence-corrected chi connectivity index (χ4v) is 2.31. The lowest BCUT2D eigenvalue weighted by molar-refractivity contribution is 0.0605. The SMILES string of the molecule is CCc1nc(Br)sc1C(=O)OC. The van der Waals surface area contributed by atoms with Gasteiger partial charge < -0.3 is 4.74 Å². The molecule has 0 fully saturated rings. The van der Waals surface area contributed by atoms with Gasteiger partial charge in [0.25, 0.3) is 0 Å². The maximum absolute atomic E-state index is 11.1. The zero-order valence-corrected chi connectivity index (χ0v) is 9.16. The van der Waals surface area contributed by atoms with Crippen molar-refractivity contribution in [3.05, 3.63) is 14.5 Å². The molecule has 0 spiro atoms. The van der Waals surface area contributed by atoms with E-state index in [1.165, 1.54) is 18.4 Å². The Bertz CT molecular complexity index is 298. The van der Waals surface area contributed by atoms with Crippen molar-refractivity contribution in [1.29, 1.82) is 0 Å². The monoisotopic (exact) mass is 249 g/mol. The van der Waals surface area contributed by atoms with Crippen LogP contribution in [0.1, 0.15) is 22.3 Å². The molecule has 12 heavy (non-hydrogen) atoms. The standard InChI is InChI=1S/C7H8BrNO2S/c1-3-4-5(6(10)11-2)12-7(8)9-4/h3H2,1-2H3. The zero-order valence-electron chi connectivity index (χ0n) is 6.76. The van der Waals surface area contributed by atoms with Crippen molar-refractivity contribution in [2.45, 2.75) is 13.3 Å². The quantitative estimate of drug-likeness (QED) is 0.755. The van der Waals surface area contributed by atoms with Gasteiger partial charge in [-0.2, -0.15) is 0 Å². The number of hydrogen-bond acceptors (Lipinski definition) is 4. The molecule has 3 nitrogen and oxygen atoms in total. The molecule has 0 amide bonds. The number of ether oxygens (including phenoxy) is 1.